The second-order valence-electron chi connectivity index (χ2n) is 3.00. The molecule has 0 aromatic carbocycles. The Bertz CT molecular complexity index is 308. The molecular weight excluding hydrogens is 250 g/mol. The van der Waals surface area contributed by atoms with Gasteiger partial charge in [0.2, 0.25) is 0 Å². The third-order valence-corrected chi connectivity index (χ3v) is 2.26. The zero-order chi connectivity index (χ0) is 9.97. The van der Waals surface area contributed by atoms with Crippen LogP contribution in [0.15, 0.2) is 10.7 Å². The van der Waals surface area contributed by atoms with Crippen LogP contribution in [0.25, 0.3) is 0 Å². The van der Waals surface area contributed by atoms with Gasteiger partial charge in [-0.05, 0) is 15.9 Å². The van der Waals surface area contributed by atoms with Crippen molar-refractivity contribution in [3.8, 4) is 6.01 Å². The Morgan fingerprint density at radius 2 is 2.43 bits per heavy atom. The van der Waals surface area contributed by atoms with Crippen molar-refractivity contribution in [2.45, 2.75) is 12.5 Å². The van der Waals surface area contributed by atoms with Crippen LogP contribution >= 0.6 is 15.9 Å². The summed E-state index contributed by atoms with van der Waals surface area (Å²) in [6, 6.07) is 1.92. The molecule has 1 aromatic rings. The summed E-state index contributed by atoms with van der Waals surface area (Å²) in [6.07, 6.45) is 0.916. The maximum absolute atomic E-state index is 5.54. The summed E-state index contributed by atoms with van der Waals surface area (Å²) in [4.78, 5) is 8.00. The van der Waals surface area contributed by atoms with Crippen molar-refractivity contribution in [3.63, 3.8) is 0 Å². The summed E-state index contributed by atoms with van der Waals surface area (Å²) in [5.41, 5.74) is 5.54. The molecular formula is C8H10BrN3O2. The lowest BCUT2D eigenvalue weighted by atomic mass is 10.3. The fourth-order valence-corrected chi connectivity index (χ4v) is 1.61. The van der Waals surface area contributed by atoms with E-state index >= 15 is 0 Å². The van der Waals surface area contributed by atoms with Crippen molar-refractivity contribution in [1.29, 1.82) is 0 Å². The molecule has 1 aliphatic heterocycles. The Morgan fingerprint density at radius 1 is 1.57 bits per heavy atom. The first kappa shape index (κ1) is 9.67. The van der Waals surface area contributed by atoms with Gasteiger partial charge in [0, 0.05) is 12.5 Å². The normalized spacial score (nSPS) is 21.1. The minimum atomic E-state index is 0.0451. The van der Waals surface area contributed by atoms with Gasteiger partial charge in [0.15, 0.2) is 0 Å². The highest BCUT2D eigenvalue weighted by Crippen LogP contribution is 2.17. The van der Waals surface area contributed by atoms with E-state index in [0.717, 1.165) is 13.0 Å². The molecule has 0 spiro atoms. The van der Waals surface area contributed by atoms with E-state index in [2.05, 4.69) is 25.9 Å². The average Bonchev–Trinajstić information content (AvgIpc) is 2.54. The molecule has 1 unspecified atom stereocenters. The SMILES string of the molecule is Nc1cc(Br)nc(OC2CCOC2)n1. The monoisotopic (exact) mass is 259 g/mol. The Morgan fingerprint density at radius 3 is 3.07 bits per heavy atom. The standard InChI is InChI=1S/C8H10BrN3O2/c9-6-3-7(10)12-8(11-6)14-5-1-2-13-4-5/h3,5H,1-2,4H2,(H2,10,11,12). The highest BCUT2D eigenvalue weighted by atomic mass is 79.9. The molecule has 76 valence electrons. The minimum absolute atomic E-state index is 0.0451. The Kier molecular flexibility index (Phi) is 2.83. The molecule has 1 saturated heterocycles. The highest BCUT2D eigenvalue weighted by molar-refractivity contribution is 9.10. The number of nitrogen functional groups attached to an aromatic ring is 1. The fourth-order valence-electron chi connectivity index (χ4n) is 1.22. The molecule has 1 atom stereocenters. The van der Waals surface area contributed by atoms with Gasteiger partial charge in [-0.2, -0.15) is 9.97 Å². The number of anilines is 1. The molecule has 5 nitrogen and oxygen atoms in total. The van der Waals surface area contributed by atoms with Gasteiger partial charge in [-0.25, -0.2) is 0 Å². The third kappa shape index (κ3) is 2.33. The van der Waals surface area contributed by atoms with E-state index in [4.69, 9.17) is 15.2 Å². The maximum Gasteiger partial charge on any atom is 0.319 e. The Balaban J connectivity index is 2.07. The van der Waals surface area contributed by atoms with Crippen LogP contribution < -0.4 is 10.5 Å². The molecule has 2 heterocycles. The van der Waals surface area contributed by atoms with E-state index in [1.54, 1.807) is 6.07 Å². The quantitative estimate of drug-likeness (QED) is 0.803. The summed E-state index contributed by atoms with van der Waals surface area (Å²) in [5.74, 6) is 0.390. The largest absolute Gasteiger partial charge is 0.458 e. The predicted molar refractivity (Wildman–Crippen MR) is 54.0 cm³/mol. The molecule has 0 radical (unpaired) electrons. The topological polar surface area (TPSA) is 70.3 Å². The third-order valence-electron chi connectivity index (χ3n) is 1.85. The average molecular weight is 260 g/mol. The number of rotatable bonds is 2. The summed E-state index contributed by atoms with van der Waals surface area (Å²) in [7, 11) is 0. The molecule has 0 aliphatic carbocycles. The molecule has 1 aromatic heterocycles. The van der Waals surface area contributed by atoms with E-state index in [-0.39, 0.29) is 6.10 Å². The first-order chi connectivity index (χ1) is 6.74. The van der Waals surface area contributed by atoms with Gasteiger partial charge in [0.25, 0.3) is 0 Å². The molecule has 2 N–H and O–H groups in total. The number of aromatic nitrogens is 2. The van der Waals surface area contributed by atoms with Crippen molar-refractivity contribution in [1.82, 2.24) is 9.97 Å². The Hall–Kier alpha value is -0.880. The molecule has 2 rings (SSSR count). The Labute approximate surface area is 89.8 Å². The molecule has 0 bridgehead atoms. The van der Waals surface area contributed by atoms with Crippen molar-refractivity contribution in [3.05, 3.63) is 10.7 Å². The predicted octanol–water partition coefficient (Wildman–Crippen LogP) is 0.989. The van der Waals surface area contributed by atoms with Crippen LogP contribution in [0.5, 0.6) is 6.01 Å². The van der Waals surface area contributed by atoms with E-state index in [9.17, 15) is 0 Å². The van der Waals surface area contributed by atoms with Crippen LogP contribution in [-0.2, 0) is 4.74 Å². The van der Waals surface area contributed by atoms with Gasteiger partial charge in [-0.15, -0.1) is 0 Å². The van der Waals surface area contributed by atoms with Gasteiger partial charge in [0.1, 0.15) is 16.5 Å². The lowest BCUT2D eigenvalue weighted by Gasteiger charge is -2.09. The second kappa shape index (κ2) is 4.10. The minimum Gasteiger partial charge on any atom is -0.458 e. The number of hydrogen-bond donors (Lipinski definition) is 1. The van der Waals surface area contributed by atoms with E-state index < -0.39 is 0 Å². The maximum atomic E-state index is 5.54. The van der Waals surface area contributed by atoms with Crippen LogP contribution in [0.3, 0.4) is 0 Å². The number of nitrogens with two attached hydrogens (primary N) is 1. The lowest BCUT2D eigenvalue weighted by molar-refractivity contribution is 0.134. The van der Waals surface area contributed by atoms with Gasteiger partial charge >= 0.3 is 6.01 Å². The van der Waals surface area contributed by atoms with Crippen LogP contribution in [0.4, 0.5) is 5.82 Å². The van der Waals surface area contributed by atoms with E-state index in [0.29, 0.717) is 23.0 Å². The molecule has 14 heavy (non-hydrogen) atoms. The smallest absolute Gasteiger partial charge is 0.319 e. The zero-order valence-electron chi connectivity index (χ0n) is 7.44. The zero-order valence-corrected chi connectivity index (χ0v) is 9.03. The summed E-state index contributed by atoms with van der Waals surface area (Å²) in [6.45, 7) is 1.32. The summed E-state index contributed by atoms with van der Waals surface area (Å²) < 4.78 is 11.3. The summed E-state index contributed by atoms with van der Waals surface area (Å²) >= 11 is 3.22. The first-order valence-electron chi connectivity index (χ1n) is 4.28. The van der Waals surface area contributed by atoms with Crippen molar-refractivity contribution < 1.29 is 9.47 Å². The number of nitrogens with zero attached hydrogens (tertiary/aromatic N) is 2. The number of ether oxygens (including phenoxy) is 2. The molecule has 1 aliphatic rings. The van der Waals surface area contributed by atoms with Crippen molar-refractivity contribution >= 4 is 21.7 Å². The van der Waals surface area contributed by atoms with Gasteiger partial charge < -0.3 is 15.2 Å². The summed E-state index contributed by atoms with van der Waals surface area (Å²) in [5, 5.41) is 0. The second-order valence-corrected chi connectivity index (χ2v) is 3.81. The van der Waals surface area contributed by atoms with Crippen LogP contribution in [0.1, 0.15) is 6.42 Å². The van der Waals surface area contributed by atoms with Gasteiger partial charge in [-0.1, -0.05) is 0 Å². The number of hydrogen-bond acceptors (Lipinski definition) is 5. The fraction of sp³-hybridized carbons (Fsp3) is 0.500. The lowest BCUT2D eigenvalue weighted by Crippen LogP contribution is -2.17. The van der Waals surface area contributed by atoms with E-state index in [1.165, 1.54) is 0 Å². The van der Waals surface area contributed by atoms with Gasteiger partial charge in [0.05, 0.1) is 13.2 Å². The van der Waals surface area contributed by atoms with Crippen molar-refractivity contribution in [2.24, 2.45) is 0 Å². The first-order valence-corrected chi connectivity index (χ1v) is 5.08. The van der Waals surface area contributed by atoms with Crippen LogP contribution in [0, 0.1) is 0 Å². The van der Waals surface area contributed by atoms with Crippen LogP contribution in [-0.4, -0.2) is 29.3 Å². The number of halogens is 1. The van der Waals surface area contributed by atoms with Crippen molar-refractivity contribution in [2.75, 3.05) is 18.9 Å². The van der Waals surface area contributed by atoms with Crippen LogP contribution in [0.2, 0.25) is 0 Å². The van der Waals surface area contributed by atoms with E-state index in [1.807, 2.05) is 0 Å². The highest BCUT2D eigenvalue weighted by Gasteiger charge is 2.18. The van der Waals surface area contributed by atoms with Gasteiger partial charge in [-0.3, -0.25) is 0 Å². The molecule has 6 heteroatoms. The molecule has 1 fully saturated rings. The molecule has 0 saturated carbocycles. The molecule has 0 amide bonds.